The maximum atomic E-state index is 12.6. The first-order valence-corrected chi connectivity index (χ1v) is 7.02. The second-order valence-electron chi connectivity index (χ2n) is 5.65. The molecule has 1 amide bonds. The van der Waals surface area contributed by atoms with Crippen LogP contribution in [-0.4, -0.2) is 22.9 Å². The summed E-state index contributed by atoms with van der Waals surface area (Å²) in [5.74, 6) is 0.136. The molecule has 1 heterocycles. The van der Waals surface area contributed by atoms with Gasteiger partial charge in [0.2, 0.25) is 5.91 Å². The van der Waals surface area contributed by atoms with Crippen molar-refractivity contribution in [3.63, 3.8) is 0 Å². The number of hydrogen-bond acceptors (Lipinski definition) is 2. The molecule has 2 fully saturated rings. The molecule has 0 spiro atoms. The van der Waals surface area contributed by atoms with Crippen molar-refractivity contribution in [2.45, 2.75) is 50.2 Å². The van der Waals surface area contributed by atoms with Gasteiger partial charge in [-0.05, 0) is 24.8 Å². The van der Waals surface area contributed by atoms with Gasteiger partial charge in [-0.25, -0.2) is 8.78 Å². The molecule has 0 bridgehead atoms. The largest absolute Gasteiger partial charge is 0.331 e. The molecule has 1 saturated heterocycles. The van der Waals surface area contributed by atoms with Crippen LogP contribution in [0.3, 0.4) is 0 Å². The molecule has 2 atom stereocenters. The minimum absolute atomic E-state index is 0.00225. The highest BCUT2D eigenvalue weighted by atomic mass is 19.3. The van der Waals surface area contributed by atoms with Crippen LogP contribution in [0.5, 0.6) is 0 Å². The molecule has 108 valence electrons. The molecule has 1 aliphatic carbocycles. The van der Waals surface area contributed by atoms with Crippen LogP contribution in [0.1, 0.15) is 49.3 Å². The number of carbonyl (C=O) groups excluding carboxylic acids is 1. The van der Waals surface area contributed by atoms with Gasteiger partial charge >= 0.3 is 0 Å². The molecule has 1 aromatic rings. The van der Waals surface area contributed by atoms with E-state index in [1.54, 1.807) is 12.1 Å². The van der Waals surface area contributed by atoms with E-state index in [1.165, 1.54) is 12.1 Å². The molecule has 3 nitrogen and oxygen atoms in total. The van der Waals surface area contributed by atoms with E-state index in [2.05, 4.69) is 0 Å². The van der Waals surface area contributed by atoms with Gasteiger partial charge in [0.15, 0.2) is 0 Å². The summed E-state index contributed by atoms with van der Waals surface area (Å²) in [4.78, 5) is 14.0. The molecule has 1 saturated carbocycles. The van der Waals surface area contributed by atoms with Crippen molar-refractivity contribution in [3.8, 4) is 0 Å². The Morgan fingerprint density at radius 2 is 1.80 bits per heavy atom. The third-order valence-electron chi connectivity index (χ3n) is 4.15. The quantitative estimate of drug-likeness (QED) is 0.925. The van der Waals surface area contributed by atoms with Crippen LogP contribution < -0.4 is 5.73 Å². The number of hydrogen-bond donors (Lipinski definition) is 1. The summed E-state index contributed by atoms with van der Waals surface area (Å²) in [6.07, 6.45) is 0.714. The maximum absolute atomic E-state index is 12.6. The molecule has 3 rings (SSSR count). The zero-order valence-electron chi connectivity index (χ0n) is 11.1. The van der Waals surface area contributed by atoms with Gasteiger partial charge in [-0.1, -0.05) is 24.3 Å². The van der Waals surface area contributed by atoms with Crippen molar-refractivity contribution < 1.29 is 13.6 Å². The Morgan fingerprint density at radius 3 is 2.35 bits per heavy atom. The van der Waals surface area contributed by atoms with Crippen LogP contribution in [0.15, 0.2) is 24.3 Å². The Morgan fingerprint density at radius 1 is 1.15 bits per heavy atom. The van der Waals surface area contributed by atoms with E-state index in [4.69, 9.17) is 5.73 Å². The fourth-order valence-electron chi connectivity index (χ4n) is 2.97. The molecule has 2 aliphatic rings. The predicted octanol–water partition coefficient (Wildman–Crippen LogP) is 2.78. The number of piperidine rings is 1. The minimum Gasteiger partial charge on any atom is -0.331 e. The average Bonchev–Trinajstić information content (AvgIpc) is 3.25. The summed E-state index contributed by atoms with van der Waals surface area (Å²) in [5, 5.41) is 0. The lowest BCUT2D eigenvalue weighted by Gasteiger charge is -2.40. The number of likely N-dealkylation sites (tertiary alicyclic amines) is 1. The highest BCUT2D eigenvalue weighted by molar-refractivity contribution is 5.78. The van der Waals surface area contributed by atoms with Crippen molar-refractivity contribution in [1.29, 1.82) is 0 Å². The van der Waals surface area contributed by atoms with E-state index in [-0.39, 0.29) is 29.6 Å². The number of carbonyl (C=O) groups is 1. The summed E-state index contributed by atoms with van der Waals surface area (Å²) in [7, 11) is 0. The number of alkyl halides is 2. The minimum atomic E-state index is -2.47. The molecular weight excluding hydrogens is 262 g/mol. The summed E-state index contributed by atoms with van der Waals surface area (Å²) in [6.45, 7) is 0. The van der Waals surface area contributed by atoms with Crippen molar-refractivity contribution >= 4 is 5.91 Å². The molecule has 0 aromatic heterocycles. The fourth-order valence-corrected chi connectivity index (χ4v) is 2.97. The Balaban J connectivity index is 1.90. The normalized spacial score (nSPS) is 27.2. The van der Waals surface area contributed by atoms with Crippen LogP contribution in [-0.2, 0) is 4.79 Å². The maximum Gasteiger partial charge on any atom is 0.263 e. The Hall–Kier alpha value is -1.49. The SMILES string of the molecule is NC1CCC(=O)N(C2CC2)C1c1ccc(C(F)F)cc1. The highest BCUT2D eigenvalue weighted by Gasteiger charge is 2.42. The smallest absolute Gasteiger partial charge is 0.263 e. The van der Waals surface area contributed by atoms with E-state index < -0.39 is 6.43 Å². The number of nitrogens with two attached hydrogens (primary N) is 1. The summed E-state index contributed by atoms with van der Waals surface area (Å²) >= 11 is 0. The van der Waals surface area contributed by atoms with Gasteiger partial charge in [0, 0.05) is 24.1 Å². The van der Waals surface area contributed by atoms with Gasteiger partial charge in [-0.3, -0.25) is 4.79 Å². The number of rotatable bonds is 3. The van der Waals surface area contributed by atoms with E-state index in [1.807, 2.05) is 4.90 Å². The predicted molar refractivity (Wildman–Crippen MR) is 71.2 cm³/mol. The zero-order chi connectivity index (χ0) is 14.3. The van der Waals surface area contributed by atoms with E-state index >= 15 is 0 Å². The third kappa shape index (κ3) is 2.42. The highest BCUT2D eigenvalue weighted by Crippen LogP contribution is 2.40. The first-order valence-electron chi connectivity index (χ1n) is 7.02. The first-order chi connectivity index (χ1) is 9.58. The molecule has 1 aliphatic heterocycles. The summed E-state index contributed by atoms with van der Waals surface area (Å²) < 4.78 is 25.2. The lowest BCUT2D eigenvalue weighted by Crippen LogP contribution is -2.49. The van der Waals surface area contributed by atoms with E-state index in [0.29, 0.717) is 12.8 Å². The molecule has 1 aromatic carbocycles. The second-order valence-corrected chi connectivity index (χ2v) is 5.65. The Bertz CT molecular complexity index is 499. The number of nitrogens with zero attached hydrogens (tertiary/aromatic N) is 1. The lowest BCUT2D eigenvalue weighted by molar-refractivity contribution is -0.138. The van der Waals surface area contributed by atoms with Gasteiger partial charge < -0.3 is 10.6 Å². The molecule has 20 heavy (non-hydrogen) atoms. The Labute approximate surface area is 116 Å². The van der Waals surface area contributed by atoms with E-state index in [9.17, 15) is 13.6 Å². The number of amides is 1. The van der Waals surface area contributed by atoms with Crippen LogP contribution in [0.25, 0.3) is 0 Å². The number of halogens is 2. The van der Waals surface area contributed by atoms with Crippen LogP contribution in [0.4, 0.5) is 8.78 Å². The van der Waals surface area contributed by atoms with Gasteiger partial charge in [0.25, 0.3) is 6.43 Å². The van der Waals surface area contributed by atoms with Crippen molar-refractivity contribution in [2.75, 3.05) is 0 Å². The van der Waals surface area contributed by atoms with Crippen LogP contribution in [0, 0.1) is 0 Å². The molecule has 5 heteroatoms. The third-order valence-corrected chi connectivity index (χ3v) is 4.15. The topological polar surface area (TPSA) is 46.3 Å². The first kappa shape index (κ1) is 13.5. The van der Waals surface area contributed by atoms with Crippen molar-refractivity contribution in [3.05, 3.63) is 35.4 Å². The van der Waals surface area contributed by atoms with Gasteiger partial charge in [-0.15, -0.1) is 0 Å². The van der Waals surface area contributed by atoms with Crippen LogP contribution in [0.2, 0.25) is 0 Å². The van der Waals surface area contributed by atoms with Crippen molar-refractivity contribution in [2.24, 2.45) is 5.73 Å². The zero-order valence-corrected chi connectivity index (χ0v) is 11.1. The molecule has 2 unspecified atom stereocenters. The van der Waals surface area contributed by atoms with Crippen molar-refractivity contribution in [1.82, 2.24) is 4.90 Å². The van der Waals surface area contributed by atoms with Gasteiger partial charge in [0.05, 0.1) is 6.04 Å². The fraction of sp³-hybridized carbons (Fsp3) is 0.533. The van der Waals surface area contributed by atoms with Crippen LogP contribution >= 0.6 is 0 Å². The number of benzene rings is 1. The average molecular weight is 280 g/mol. The van der Waals surface area contributed by atoms with Gasteiger partial charge in [0.1, 0.15) is 0 Å². The monoisotopic (exact) mass is 280 g/mol. The van der Waals surface area contributed by atoms with E-state index in [0.717, 1.165) is 18.4 Å². The lowest BCUT2D eigenvalue weighted by atomic mass is 9.90. The van der Waals surface area contributed by atoms with Gasteiger partial charge in [-0.2, -0.15) is 0 Å². The molecule has 2 N–H and O–H groups in total. The molecular formula is C15H18F2N2O. The Kier molecular flexibility index (Phi) is 3.46. The standard InChI is InChI=1S/C15H18F2N2O/c16-15(17)10-3-1-9(2-4-10)14-12(18)7-8-13(20)19(14)11-5-6-11/h1-4,11-12,14-15H,5-8,18H2. The summed E-state index contributed by atoms with van der Waals surface area (Å²) in [6, 6.07) is 6.21. The summed E-state index contributed by atoms with van der Waals surface area (Å²) in [5.41, 5.74) is 7.05. The molecule has 0 radical (unpaired) electrons. The second kappa shape index (κ2) is 5.13.